The van der Waals surface area contributed by atoms with E-state index in [2.05, 4.69) is 29.8 Å². The maximum absolute atomic E-state index is 5.81. The van der Waals surface area contributed by atoms with Gasteiger partial charge in [0.2, 0.25) is 0 Å². The van der Waals surface area contributed by atoms with Crippen LogP contribution in [0.5, 0.6) is 0 Å². The normalized spacial score (nSPS) is 25.1. The maximum atomic E-state index is 5.81. The SMILES string of the molecule is Cc1cc(N2CC(C)CC(C)C2)c(CN)cn1. The van der Waals surface area contributed by atoms with E-state index in [9.17, 15) is 0 Å². The van der Waals surface area contributed by atoms with Gasteiger partial charge in [-0.1, -0.05) is 13.8 Å². The third-order valence-corrected chi connectivity index (χ3v) is 3.53. The summed E-state index contributed by atoms with van der Waals surface area (Å²) in [5.74, 6) is 1.52. The molecule has 0 amide bonds. The van der Waals surface area contributed by atoms with E-state index in [-0.39, 0.29) is 0 Å². The molecule has 1 aliphatic heterocycles. The van der Waals surface area contributed by atoms with Gasteiger partial charge in [-0.25, -0.2) is 0 Å². The molecule has 1 aliphatic rings. The Balaban J connectivity index is 2.28. The van der Waals surface area contributed by atoms with Gasteiger partial charge in [0, 0.05) is 42.8 Å². The Labute approximate surface area is 104 Å². The van der Waals surface area contributed by atoms with Gasteiger partial charge in [0.1, 0.15) is 0 Å². The molecule has 0 aromatic carbocycles. The summed E-state index contributed by atoms with van der Waals surface area (Å²) in [6.07, 6.45) is 3.26. The van der Waals surface area contributed by atoms with Crippen molar-refractivity contribution < 1.29 is 0 Å². The van der Waals surface area contributed by atoms with E-state index in [1.165, 1.54) is 12.1 Å². The van der Waals surface area contributed by atoms with E-state index < -0.39 is 0 Å². The Bertz CT molecular complexity index is 379. The lowest BCUT2D eigenvalue weighted by Crippen LogP contribution is -2.39. The molecule has 1 fully saturated rings. The van der Waals surface area contributed by atoms with Crippen LogP contribution in [0.2, 0.25) is 0 Å². The molecule has 17 heavy (non-hydrogen) atoms. The fourth-order valence-corrected chi connectivity index (χ4v) is 2.88. The van der Waals surface area contributed by atoms with Crippen LogP contribution in [-0.4, -0.2) is 18.1 Å². The standard InChI is InChI=1S/C14H23N3/c1-10-4-11(2)9-17(8-10)14-5-12(3)16-7-13(14)6-15/h5,7,10-11H,4,6,8-9,15H2,1-3H3. The molecule has 2 rings (SSSR count). The smallest absolute Gasteiger partial charge is 0.0445 e. The first-order chi connectivity index (χ1) is 8.10. The summed E-state index contributed by atoms with van der Waals surface area (Å²) in [4.78, 5) is 6.82. The first-order valence-corrected chi connectivity index (χ1v) is 6.50. The molecule has 3 heteroatoms. The molecule has 2 atom stereocenters. The van der Waals surface area contributed by atoms with E-state index in [1.807, 2.05) is 13.1 Å². The number of aromatic nitrogens is 1. The van der Waals surface area contributed by atoms with E-state index in [0.29, 0.717) is 6.54 Å². The Morgan fingerprint density at radius 2 is 2.00 bits per heavy atom. The van der Waals surface area contributed by atoms with E-state index in [1.54, 1.807) is 0 Å². The van der Waals surface area contributed by atoms with Crippen molar-refractivity contribution in [1.82, 2.24) is 4.98 Å². The Morgan fingerprint density at radius 1 is 1.35 bits per heavy atom. The Morgan fingerprint density at radius 3 is 2.59 bits per heavy atom. The van der Waals surface area contributed by atoms with E-state index >= 15 is 0 Å². The van der Waals surface area contributed by atoms with Gasteiger partial charge in [0.05, 0.1) is 0 Å². The average Bonchev–Trinajstić information content (AvgIpc) is 2.27. The number of anilines is 1. The van der Waals surface area contributed by atoms with Crippen LogP contribution in [0, 0.1) is 18.8 Å². The lowest BCUT2D eigenvalue weighted by atomic mass is 9.91. The van der Waals surface area contributed by atoms with Crippen LogP contribution in [0.3, 0.4) is 0 Å². The second kappa shape index (κ2) is 5.05. The lowest BCUT2D eigenvalue weighted by molar-refractivity contribution is 0.356. The summed E-state index contributed by atoms with van der Waals surface area (Å²) in [7, 11) is 0. The summed E-state index contributed by atoms with van der Waals surface area (Å²) >= 11 is 0. The molecule has 2 N–H and O–H groups in total. The van der Waals surface area contributed by atoms with Crippen LogP contribution in [-0.2, 0) is 6.54 Å². The fraction of sp³-hybridized carbons (Fsp3) is 0.643. The molecular formula is C14H23N3. The summed E-state index contributed by atoms with van der Waals surface area (Å²) in [5.41, 5.74) is 9.34. The van der Waals surface area contributed by atoms with Crippen LogP contribution < -0.4 is 10.6 Å². The van der Waals surface area contributed by atoms with Gasteiger partial charge in [0.25, 0.3) is 0 Å². The van der Waals surface area contributed by atoms with Gasteiger partial charge in [-0.3, -0.25) is 4.98 Å². The number of nitrogens with two attached hydrogens (primary N) is 1. The summed E-state index contributed by atoms with van der Waals surface area (Å²) in [5, 5.41) is 0. The monoisotopic (exact) mass is 233 g/mol. The Kier molecular flexibility index (Phi) is 3.67. The minimum atomic E-state index is 0.571. The number of nitrogens with zero attached hydrogens (tertiary/aromatic N) is 2. The van der Waals surface area contributed by atoms with Crippen molar-refractivity contribution in [3.8, 4) is 0 Å². The van der Waals surface area contributed by atoms with Crippen molar-refractivity contribution in [2.45, 2.75) is 33.7 Å². The number of rotatable bonds is 2. The highest BCUT2D eigenvalue weighted by Gasteiger charge is 2.23. The molecule has 2 unspecified atom stereocenters. The zero-order valence-corrected chi connectivity index (χ0v) is 11.1. The van der Waals surface area contributed by atoms with Gasteiger partial charge >= 0.3 is 0 Å². The fourth-order valence-electron chi connectivity index (χ4n) is 2.88. The van der Waals surface area contributed by atoms with Crippen LogP contribution in [0.25, 0.3) is 0 Å². The third-order valence-electron chi connectivity index (χ3n) is 3.53. The van der Waals surface area contributed by atoms with E-state index in [0.717, 1.165) is 36.2 Å². The van der Waals surface area contributed by atoms with Crippen molar-refractivity contribution in [3.05, 3.63) is 23.5 Å². The first kappa shape index (κ1) is 12.4. The van der Waals surface area contributed by atoms with Crippen LogP contribution in [0.1, 0.15) is 31.5 Å². The molecule has 0 saturated carbocycles. The molecule has 0 radical (unpaired) electrons. The largest absolute Gasteiger partial charge is 0.371 e. The number of pyridine rings is 1. The van der Waals surface area contributed by atoms with Gasteiger partial charge < -0.3 is 10.6 Å². The van der Waals surface area contributed by atoms with Gasteiger partial charge in [-0.2, -0.15) is 0 Å². The maximum Gasteiger partial charge on any atom is 0.0445 e. The van der Waals surface area contributed by atoms with E-state index in [4.69, 9.17) is 5.73 Å². The number of piperidine rings is 1. The second-order valence-corrected chi connectivity index (χ2v) is 5.51. The van der Waals surface area contributed by atoms with Crippen molar-refractivity contribution in [2.75, 3.05) is 18.0 Å². The molecule has 0 spiro atoms. The molecule has 1 aromatic rings. The van der Waals surface area contributed by atoms with Gasteiger partial charge in [-0.15, -0.1) is 0 Å². The Hall–Kier alpha value is -1.09. The highest BCUT2D eigenvalue weighted by Crippen LogP contribution is 2.28. The molecule has 1 aromatic heterocycles. The quantitative estimate of drug-likeness (QED) is 0.852. The zero-order chi connectivity index (χ0) is 12.4. The van der Waals surface area contributed by atoms with Crippen LogP contribution >= 0.6 is 0 Å². The molecule has 2 heterocycles. The zero-order valence-electron chi connectivity index (χ0n) is 11.1. The molecule has 0 aliphatic carbocycles. The molecule has 94 valence electrons. The predicted octanol–water partition coefficient (Wildman–Crippen LogP) is 2.33. The lowest BCUT2D eigenvalue weighted by Gasteiger charge is -2.37. The minimum absolute atomic E-state index is 0.571. The summed E-state index contributed by atoms with van der Waals surface area (Å²) < 4.78 is 0. The van der Waals surface area contributed by atoms with Crippen molar-refractivity contribution in [3.63, 3.8) is 0 Å². The number of hydrogen-bond acceptors (Lipinski definition) is 3. The number of hydrogen-bond donors (Lipinski definition) is 1. The van der Waals surface area contributed by atoms with Gasteiger partial charge in [0.15, 0.2) is 0 Å². The number of aryl methyl sites for hydroxylation is 1. The molecular weight excluding hydrogens is 210 g/mol. The van der Waals surface area contributed by atoms with Crippen molar-refractivity contribution >= 4 is 5.69 Å². The third kappa shape index (κ3) is 2.78. The predicted molar refractivity (Wildman–Crippen MR) is 72.0 cm³/mol. The highest BCUT2D eigenvalue weighted by molar-refractivity contribution is 5.54. The summed E-state index contributed by atoms with van der Waals surface area (Å²) in [6.45, 7) is 9.56. The minimum Gasteiger partial charge on any atom is -0.371 e. The van der Waals surface area contributed by atoms with Crippen molar-refractivity contribution in [2.24, 2.45) is 17.6 Å². The summed E-state index contributed by atoms with van der Waals surface area (Å²) in [6, 6.07) is 2.17. The molecule has 0 bridgehead atoms. The first-order valence-electron chi connectivity index (χ1n) is 6.50. The van der Waals surface area contributed by atoms with Gasteiger partial charge in [-0.05, 0) is 31.2 Å². The molecule has 1 saturated heterocycles. The van der Waals surface area contributed by atoms with Crippen LogP contribution in [0.15, 0.2) is 12.3 Å². The highest BCUT2D eigenvalue weighted by atomic mass is 15.1. The average molecular weight is 233 g/mol. The van der Waals surface area contributed by atoms with Crippen LogP contribution in [0.4, 0.5) is 5.69 Å². The topological polar surface area (TPSA) is 42.1 Å². The second-order valence-electron chi connectivity index (χ2n) is 5.51. The molecule has 3 nitrogen and oxygen atoms in total. The van der Waals surface area contributed by atoms with Crippen molar-refractivity contribution in [1.29, 1.82) is 0 Å².